The standard InChI is InChI=1S/C41H42N2/c1-12-31-19-32(13-2)21-34(20-31)15-16-35-24-38(29(8)9)41(39(25-35)30(10)11)43-18-17-42(26-43)40-36(27(4)5)22-33(14-3)23-37(40)28(6)7/h1-3,17-25,27-30H,26H2,4-11H3. The highest BCUT2D eigenvalue weighted by Crippen LogP contribution is 2.42. The highest BCUT2D eigenvalue weighted by atomic mass is 15.3. The number of benzene rings is 3. The summed E-state index contributed by atoms with van der Waals surface area (Å²) < 4.78 is 0. The summed E-state index contributed by atoms with van der Waals surface area (Å²) in [5.41, 5.74) is 11.9. The second-order valence-electron chi connectivity index (χ2n) is 12.5. The van der Waals surface area contributed by atoms with Gasteiger partial charge in [-0.25, -0.2) is 0 Å². The quantitative estimate of drug-likeness (QED) is 0.276. The second-order valence-corrected chi connectivity index (χ2v) is 12.5. The zero-order chi connectivity index (χ0) is 31.4. The molecule has 1 aliphatic heterocycles. The van der Waals surface area contributed by atoms with Gasteiger partial charge in [0.15, 0.2) is 0 Å². The van der Waals surface area contributed by atoms with Crippen LogP contribution in [0.5, 0.6) is 0 Å². The van der Waals surface area contributed by atoms with E-state index in [2.05, 4.69) is 131 Å². The van der Waals surface area contributed by atoms with Crippen LogP contribution in [0, 0.1) is 48.9 Å². The molecule has 0 atom stereocenters. The van der Waals surface area contributed by atoms with Crippen LogP contribution in [0.2, 0.25) is 0 Å². The predicted molar refractivity (Wildman–Crippen MR) is 184 cm³/mol. The van der Waals surface area contributed by atoms with E-state index in [1.54, 1.807) is 0 Å². The van der Waals surface area contributed by atoms with Gasteiger partial charge in [0, 0.05) is 51.6 Å². The number of hydrogen-bond donors (Lipinski definition) is 0. The Hall–Kier alpha value is -4.76. The van der Waals surface area contributed by atoms with Crippen molar-refractivity contribution in [2.24, 2.45) is 0 Å². The molecule has 1 heterocycles. The Labute approximate surface area is 260 Å². The van der Waals surface area contributed by atoms with Gasteiger partial charge in [-0.05, 0) is 88.4 Å². The first kappa shape index (κ1) is 31.2. The van der Waals surface area contributed by atoms with Crippen LogP contribution in [-0.2, 0) is 0 Å². The Balaban J connectivity index is 1.79. The highest BCUT2D eigenvalue weighted by molar-refractivity contribution is 5.73. The van der Waals surface area contributed by atoms with E-state index in [-0.39, 0.29) is 0 Å². The molecule has 0 unspecified atom stereocenters. The largest absolute Gasteiger partial charge is 0.327 e. The first-order chi connectivity index (χ1) is 20.5. The fraction of sp³-hybridized carbons (Fsp3) is 0.317. The van der Waals surface area contributed by atoms with Gasteiger partial charge in [-0.1, -0.05) is 85.0 Å². The predicted octanol–water partition coefficient (Wildman–Crippen LogP) is 9.28. The maximum absolute atomic E-state index is 5.86. The van der Waals surface area contributed by atoms with Crippen molar-refractivity contribution in [3.63, 3.8) is 0 Å². The molecule has 0 radical (unpaired) electrons. The van der Waals surface area contributed by atoms with Crippen molar-refractivity contribution in [3.05, 3.63) is 105 Å². The van der Waals surface area contributed by atoms with Crippen molar-refractivity contribution in [3.8, 4) is 48.9 Å². The third-order valence-electron chi connectivity index (χ3n) is 7.92. The Bertz CT molecular complexity index is 1660. The monoisotopic (exact) mass is 562 g/mol. The maximum Gasteiger partial charge on any atom is 0.0989 e. The Morgan fingerprint density at radius 2 is 0.744 bits per heavy atom. The third kappa shape index (κ3) is 6.67. The van der Waals surface area contributed by atoms with Gasteiger partial charge in [0.05, 0.1) is 6.67 Å². The zero-order valence-electron chi connectivity index (χ0n) is 26.8. The molecule has 0 bridgehead atoms. The fourth-order valence-electron chi connectivity index (χ4n) is 5.66. The van der Waals surface area contributed by atoms with Crippen molar-refractivity contribution < 1.29 is 0 Å². The van der Waals surface area contributed by atoms with Crippen LogP contribution in [0.3, 0.4) is 0 Å². The van der Waals surface area contributed by atoms with Gasteiger partial charge >= 0.3 is 0 Å². The van der Waals surface area contributed by atoms with E-state index in [0.717, 1.165) is 34.5 Å². The van der Waals surface area contributed by atoms with Crippen LogP contribution in [0.4, 0.5) is 11.4 Å². The molecule has 0 spiro atoms. The summed E-state index contributed by atoms with van der Waals surface area (Å²) in [6.07, 6.45) is 21.6. The Kier molecular flexibility index (Phi) is 9.46. The number of rotatable bonds is 6. The number of terminal acetylenes is 3. The van der Waals surface area contributed by atoms with E-state index in [1.807, 2.05) is 18.2 Å². The summed E-state index contributed by atoms with van der Waals surface area (Å²) in [5, 5.41) is 0. The molecule has 2 heteroatoms. The molecule has 2 nitrogen and oxygen atoms in total. The maximum atomic E-state index is 5.86. The molecule has 0 saturated carbocycles. The molecule has 3 aromatic rings. The number of hydrogen-bond acceptors (Lipinski definition) is 2. The van der Waals surface area contributed by atoms with Gasteiger partial charge in [-0.2, -0.15) is 0 Å². The van der Waals surface area contributed by atoms with Crippen LogP contribution < -0.4 is 9.80 Å². The third-order valence-corrected chi connectivity index (χ3v) is 7.92. The number of nitrogens with zero attached hydrogens (tertiary/aromatic N) is 2. The molecule has 43 heavy (non-hydrogen) atoms. The summed E-state index contributed by atoms with van der Waals surface area (Å²) >= 11 is 0. The van der Waals surface area contributed by atoms with Crippen LogP contribution >= 0.6 is 0 Å². The lowest BCUT2D eigenvalue weighted by Crippen LogP contribution is -2.28. The molecule has 0 fully saturated rings. The molecule has 0 aliphatic carbocycles. The summed E-state index contributed by atoms with van der Waals surface area (Å²) in [4.78, 5) is 4.77. The summed E-state index contributed by atoms with van der Waals surface area (Å²) in [6.45, 7) is 18.7. The summed E-state index contributed by atoms with van der Waals surface area (Å²) in [5.74, 6) is 16.3. The molecule has 0 saturated heterocycles. The molecule has 4 rings (SSSR count). The molecule has 1 aliphatic rings. The van der Waals surface area contributed by atoms with Crippen LogP contribution in [0.15, 0.2) is 54.9 Å². The molecular weight excluding hydrogens is 520 g/mol. The Morgan fingerprint density at radius 1 is 0.465 bits per heavy atom. The minimum atomic E-state index is 0.307. The summed E-state index contributed by atoms with van der Waals surface area (Å²) in [6, 6.07) is 14.5. The van der Waals surface area contributed by atoms with Crippen molar-refractivity contribution in [1.82, 2.24) is 0 Å². The van der Waals surface area contributed by atoms with Crippen molar-refractivity contribution >= 4 is 11.4 Å². The minimum absolute atomic E-state index is 0.307. The van der Waals surface area contributed by atoms with E-state index < -0.39 is 0 Å². The van der Waals surface area contributed by atoms with Gasteiger partial charge in [-0.3, -0.25) is 0 Å². The topological polar surface area (TPSA) is 6.48 Å². The smallest absolute Gasteiger partial charge is 0.0989 e. The minimum Gasteiger partial charge on any atom is -0.327 e. The van der Waals surface area contributed by atoms with Gasteiger partial charge in [-0.15, -0.1) is 19.3 Å². The molecular formula is C41H42N2. The van der Waals surface area contributed by atoms with Gasteiger partial charge in [0.2, 0.25) is 0 Å². The fourth-order valence-corrected chi connectivity index (χ4v) is 5.66. The van der Waals surface area contributed by atoms with Crippen LogP contribution in [0.1, 0.15) is 129 Å². The van der Waals surface area contributed by atoms with E-state index in [9.17, 15) is 0 Å². The van der Waals surface area contributed by atoms with Crippen LogP contribution in [-0.4, -0.2) is 6.67 Å². The normalized spacial score (nSPS) is 12.5. The lowest BCUT2D eigenvalue weighted by molar-refractivity contribution is 0.802. The lowest BCUT2D eigenvalue weighted by Gasteiger charge is -2.31. The van der Waals surface area contributed by atoms with E-state index in [0.29, 0.717) is 23.7 Å². The molecule has 0 aromatic heterocycles. The van der Waals surface area contributed by atoms with E-state index in [1.165, 1.54) is 33.6 Å². The molecule has 0 N–H and O–H groups in total. The highest BCUT2D eigenvalue weighted by Gasteiger charge is 2.27. The molecule has 0 amide bonds. The average molecular weight is 563 g/mol. The molecule has 216 valence electrons. The second kappa shape index (κ2) is 13.0. The van der Waals surface area contributed by atoms with Crippen molar-refractivity contribution in [2.45, 2.75) is 79.1 Å². The zero-order valence-corrected chi connectivity index (χ0v) is 26.8. The number of anilines is 2. The van der Waals surface area contributed by atoms with Gasteiger partial charge in [0.1, 0.15) is 0 Å². The van der Waals surface area contributed by atoms with Crippen molar-refractivity contribution in [2.75, 3.05) is 16.5 Å². The first-order valence-electron chi connectivity index (χ1n) is 15.1. The van der Waals surface area contributed by atoms with Gasteiger partial charge < -0.3 is 9.80 Å². The molecule has 3 aromatic carbocycles. The SMILES string of the molecule is C#Cc1cc(C#C)cc(C#Cc2cc(C(C)C)c(N3C=CN(c4c(C(C)C)cc(C#C)cc4C(C)C)C3)c(C(C)C)c2)c1. The van der Waals surface area contributed by atoms with E-state index in [4.69, 9.17) is 19.3 Å². The van der Waals surface area contributed by atoms with Crippen LogP contribution in [0.25, 0.3) is 0 Å². The first-order valence-corrected chi connectivity index (χ1v) is 15.1. The van der Waals surface area contributed by atoms with Gasteiger partial charge in [0.25, 0.3) is 0 Å². The van der Waals surface area contributed by atoms with Crippen molar-refractivity contribution in [1.29, 1.82) is 0 Å². The average Bonchev–Trinajstić information content (AvgIpc) is 3.47. The van der Waals surface area contributed by atoms with E-state index >= 15 is 0 Å². The lowest BCUT2D eigenvalue weighted by atomic mass is 9.89. The Morgan fingerprint density at radius 3 is 1.07 bits per heavy atom. The summed E-state index contributed by atoms with van der Waals surface area (Å²) in [7, 11) is 0.